The van der Waals surface area contributed by atoms with Gasteiger partial charge in [-0.25, -0.2) is 0 Å². The molecule has 0 aromatic heterocycles. The van der Waals surface area contributed by atoms with E-state index >= 15 is 0 Å². The summed E-state index contributed by atoms with van der Waals surface area (Å²) in [6.07, 6.45) is 3.12. The molecule has 2 fully saturated rings. The van der Waals surface area contributed by atoms with Gasteiger partial charge >= 0.3 is 5.97 Å². The van der Waals surface area contributed by atoms with E-state index in [9.17, 15) is 14.7 Å². The summed E-state index contributed by atoms with van der Waals surface area (Å²) in [7, 11) is 1.58. The molecule has 4 rings (SSSR count). The van der Waals surface area contributed by atoms with Gasteiger partial charge in [-0.2, -0.15) is 0 Å². The van der Waals surface area contributed by atoms with Gasteiger partial charge in [0.25, 0.3) is 0 Å². The number of rotatable bonds is 3. The summed E-state index contributed by atoms with van der Waals surface area (Å²) in [4.78, 5) is 25.9. The van der Waals surface area contributed by atoms with E-state index in [0.717, 1.165) is 5.69 Å². The van der Waals surface area contributed by atoms with Crippen molar-refractivity contribution in [2.75, 3.05) is 18.6 Å². The molecule has 114 valence electrons. The highest BCUT2D eigenvalue weighted by Crippen LogP contribution is 2.52. The summed E-state index contributed by atoms with van der Waals surface area (Å²) in [5.41, 5.74) is -0.0794. The minimum Gasteiger partial charge on any atom is -0.497 e. The summed E-state index contributed by atoms with van der Waals surface area (Å²) in [5.74, 6) is -1.92. The third-order valence-corrected chi connectivity index (χ3v) is 4.77. The predicted octanol–water partition coefficient (Wildman–Crippen LogP) is 1.07. The number of aliphatic carboxylic acids is 1. The molecule has 2 saturated heterocycles. The second kappa shape index (κ2) is 4.33. The highest BCUT2D eigenvalue weighted by molar-refractivity contribution is 6.02. The van der Waals surface area contributed by atoms with E-state index in [0.29, 0.717) is 12.3 Å². The predicted molar refractivity (Wildman–Crippen MR) is 76.7 cm³/mol. The van der Waals surface area contributed by atoms with Crippen molar-refractivity contribution in [2.24, 2.45) is 11.8 Å². The van der Waals surface area contributed by atoms with Gasteiger partial charge in [-0.05, 0) is 24.3 Å². The molecular formula is C16H15NO5. The third-order valence-electron chi connectivity index (χ3n) is 4.77. The number of benzene rings is 1. The summed E-state index contributed by atoms with van der Waals surface area (Å²) in [5, 5.41) is 9.42. The summed E-state index contributed by atoms with van der Waals surface area (Å²) in [6.45, 7) is 0.347. The topological polar surface area (TPSA) is 76.1 Å². The fourth-order valence-electron chi connectivity index (χ4n) is 3.76. The molecule has 1 amide bonds. The second-order valence-corrected chi connectivity index (χ2v) is 5.86. The molecule has 3 heterocycles. The van der Waals surface area contributed by atoms with Gasteiger partial charge in [-0.3, -0.25) is 9.59 Å². The summed E-state index contributed by atoms with van der Waals surface area (Å²) in [6, 6.07) is 7.13. The van der Waals surface area contributed by atoms with Crippen molar-refractivity contribution in [3.8, 4) is 5.75 Å². The van der Waals surface area contributed by atoms with E-state index in [1.807, 2.05) is 6.08 Å². The lowest BCUT2D eigenvalue weighted by atomic mass is 9.77. The number of carbonyl (C=O) groups is 2. The Hall–Kier alpha value is -2.34. The maximum Gasteiger partial charge on any atom is 0.310 e. The standard InChI is InChI=1S/C16H15NO5/c1-21-10-4-2-9(3-5-10)17-8-16-7-6-11(22-16)12(15(19)20)13(16)14(17)18/h2-7,11-13H,8H2,1H3,(H,19,20)/t11-,12?,13+,16-/m1/s1. The average molecular weight is 301 g/mol. The molecule has 2 bridgehead atoms. The van der Waals surface area contributed by atoms with E-state index in [1.165, 1.54) is 0 Å². The maximum absolute atomic E-state index is 12.8. The summed E-state index contributed by atoms with van der Waals surface area (Å²) >= 11 is 0. The van der Waals surface area contributed by atoms with Crippen molar-refractivity contribution in [3.05, 3.63) is 36.4 Å². The summed E-state index contributed by atoms with van der Waals surface area (Å²) < 4.78 is 11.0. The zero-order valence-electron chi connectivity index (χ0n) is 11.9. The van der Waals surface area contributed by atoms with Crippen LogP contribution in [-0.4, -0.2) is 42.3 Å². The molecule has 1 N–H and O–H groups in total. The van der Waals surface area contributed by atoms with E-state index < -0.39 is 29.5 Å². The highest BCUT2D eigenvalue weighted by Gasteiger charge is 2.67. The van der Waals surface area contributed by atoms with Crippen molar-refractivity contribution in [2.45, 2.75) is 11.7 Å². The number of carbonyl (C=O) groups excluding carboxylic acids is 1. The van der Waals surface area contributed by atoms with E-state index in [-0.39, 0.29) is 5.91 Å². The minimum atomic E-state index is -0.980. The van der Waals surface area contributed by atoms with Crippen LogP contribution in [0.15, 0.2) is 36.4 Å². The zero-order valence-corrected chi connectivity index (χ0v) is 11.9. The van der Waals surface area contributed by atoms with Crippen LogP contribution in [0.25, 0.3) is 0 Å². The Kier molecular flexibility index (Phi) is 2.62. The Balaban J connectivity index is 1.70. The smallest absolute Gasteiger partial charge is 0.310 e. The number of amides is 1. The fourth-order valence-corrected chi connectivity index (χ4v) is 3.76. The van der Waals surface area contributed by atoms with Crippen molar-refractivity contribution in [1.82, 2.24) is 0 Å². The molecule has 4 atom stereocenters. The fraction of sp³-hybridized carbons (Fsp3) is 0.375. The Morgan fingerprint density at radius 1 is 1.41 bits per heavy atom. The maximum atomic E-state index is 12.8. The number of anilines is 1. The molecule has 6 nitrogen and oxygen atoms in total. The molecule has 0 saturated carbocycles. The second-order valence-electron chi connectivity index (χ2n) is 5.86. The van der Waals surface area contributed by atoms with E-state index in [4.69, 9.17) is 9.47 Å². The number of fused-ring (bicyclic) bond motifs is 1. The first kappa shape index (κ1) is 13.3. The highest BCUT2D eigenvalue weighted by atomic mass is 16.5. The zero-order chi connectivity index (χ0) is 15.5. The van der Waals surface area contributed by atoms with Crippen LogP contribution in [0.4, 0.5) is 5.69 Å². The molecular weight excluding hydrogens is 286 g/mol. The number of hydrogen-bond donors (Lipinski definition) is 1. The number of methoxy groups -OCH3 is 1. The molecule has 1 aromatic rings. The number of nitrogens with zero attached hydrogens (tertiary/aromatic N) is 1. The SMILES string of the molecule is COc1ccc(N2C[C@@]34C=C[C@@H](O3)C(C(=O)O)[C@H]4C2=O)cc1. The largest absolute Gasteiger partial charge is 0.497 e. The first-order valence-corrected chi connectivity index (χ1v) is 7.11. The van der Waals surface area contributed by atoms with Crippen LogP contribution in [0, 0.1) is 11.8 Å². The van der Waals surface area contributed by atoms with Gasteiger partial charge in [0.05, 0.1) is 25.7 Å². The quantitative estimate of drug-likeness (QED) is 0.845. The van der Waals surface area contributed by atoms with Gasteiger partial charge in [-0.15, -0.1) is 0 Å². The van der Waals surface area contributed by atoms with Crippen molar-refractivity contribution in [1.29, 1.82) is 0 Å². The lowest BCUT2D eigenvalue weighted by Gasteiger charge is -2.21. The molecule has 1 unspecified atom stereocenters. The van der Waals surface area contributed by atoms with Crippen molar-refractivity contribution < 1.29 is 24.2 Å². The van der Waals surface area contributed by atoms with Gasteiger partial charge in [0.15, 0.2) is 0 Å². The third kappa shape index (κ3) is 1.58. The van der Waals surface area contributed by atoms with Gasteiger partial charge in [0, 0.05) is 5.69 Å². The number of hydrogen-bond acceptors (Lipinski definition) is 4. The molecule has 1 aromatic carbocycles. The van der Waals surface area contributed by atoms with Crippen LogP contribution >= 0.6 is 0 Å². The van der Waals surface area contributed by atoms with E-state index in [1.54, 1.807) is 42.4 Å². The Morgan fingerprint density at radius 2 is 2.14 bits per heavy atom. The Morgan fingerprint density at radius 3 is 2.77 bits per heavy atom. The molecule has 6 heteroatoms. The van der Waals surface area contributed by atoms with Gasteiger partial charge in [0.1, 0.15) is 17.3 Å². The molecule has 3 aliphatic rings. The van der Waals surface area contributed by atoms with Gasteiger partial charge in [-0.1, -0.05) is 12.2 Å². The number of ether oxygens (including phenoxy) is 2. The molecule has 22 heavy (non-hydrogen) atoms. The lowest BCUT2D eigenvalue weighted by Crippen LogP contribution is -2.39. The van der Waals surface area contributed by atoms with Crippen LogP contribution in [0.2, 0.25) is 0 Å². The van der Waals surface area contributed by atoms with Crippen LogP contribution in [-0.2, 0) is 14.3 Å². The monoisotopic (exact) mass is 301 g/mol. The van der Waals surface area contributed by atoms with Crippen LogP contribution in [0.3, 0.4) is 0 Å². The number of carboxylic acid groups (broad SMARTS) is 1. The normalized spacial score (nSPS) is 35.0. The van der Waals surface area contributed by atoms with Crippen molar-refractivity contribution in [3.63, 3.8) is 0 Å². The first-order chi connectivity index (χ1) is 10.6. The van der Waals surface area contributed by atoms with E-state index in [2.05, 4.69) is 0 Å². The number of carboxylic acids is 1. The molecule has 0 aliphatic carbocycles. The lowest BCUT2D eigenvalue weighted by molar-refractivity contribution is -0.146. The van der Waals surface area contributed by atoms with Crippen molar-refractivity contribution >= 4 is 17.6 Å². The Labute approximate surface area is 126 Å². The molecule has 1 spiro atoms. The van der Waals surface area contributed by atoms with Gasteiger partial charge < -0.3 is 19.5 Å². The van der Waals surface area contributed by atoms with Crippen LogP contribution in [0.5, 0.6) is 5.75 Å². The Bertz CT molecular complexity index is 682. The minimum absolute atomic E-state index is 0.190. The van der Waals surface area contributed by atoms with Crippen LogP contribution < -0.4 is 9.64 Å². The molecule has 3 aliphatic heterocycles. The average Bonchev–Trinajstić information content (AvgIpc) is 3.15. The van der Waals surface area contributed by atoms with Crippen LogP contribution in [0.1, 0.15) is 0 Å². The first-order valence-electron chi connectivity index (χ1n) is 7.11. The van der Waals surface area contributed by atoms with Gasteiger partial charge in [0.2, 0.25) is 5.91 Å². The molecule has 0 radical (unpaired) electrons.